The van der Waals surface area contributed by atoms with E-state index < -0.39 is 18.6 Å². The van der Waals surface area contributed by atoms with Crippen molar-refractivity contribution >= 4 is 35.3 Å². The number of aliphatic hydroxyl groups is 2. The van der Waals surface area contributed by atoms with Gasteiger partial charge in [0.2, 0.25) is 0 Å². The van der Waals surface area contributed by atoms with Gasteiger partial charge in [-0.15, -0.1) is 0 Å². The second-order valence-electron chi connectivity index (χ2n) is 13.4. The monoisotopic (exact) mass is 807 g/mol. The molecule has 6 rings (SSSR count). The molecule has 2 aliphatic rings. The number of benzene rings is 4. The molecular formula is C43H47Cl2NO10. The van der Waals surface area contributed by atoms with Crippen LogP contribution in [-0.2, 0) is 40.2 Å². The summed E-state index contributed by atoms with van der Waals surface area (Å²) in [4.78, 5) is 27.6. The molecule has 4 N–H and O–H groups in total. The van der Waals surface area contributed by atoms with Gasteiger partial charge in [0.15, 0.2) is 0 Å². The number of carboxylic acid groups (broad SMARTS) is 1. The molecule has 0 amide bonds. The summed E-state index contributed by atoms with van der Waals surface area (Å²) in [5.41, 5.74) is 8.87. The van der Waals surface area contributed by atoms with E-state index in [0.717, 1.165) is 67.4 Å². The van der Waals surface area contributed by atoms with Crippen molar-refractivity contribution in [3.63, 3.8) is 0 Å². The zero-order valence-electron chi connectivity index (χ0n) is 31.4. The Morgan fingerprint density at radius 2 is 1.29 bits per heavy atom. The van der Waals surface area contributed by atoms with E-state index in [4.69, 9.17) is 51.7 Å². The fourth-order valence-electron chi connectivity index (χ4n) is 7.42. The minimum Gasteiger partial charge on any atom is -0.493 e. The first-order valence-electron chi connectivity index (χ1n) is 18.8. The molecule has 0 radical (unpaired) electrons. The van der Waals surface area contributed by atoms with Gasteiger partial charge in [-0.05, 0) is 110 Å². The average molecular weight is 809 g/mol. The molecule has 2 aliphatic carbocycles. The molecule has 4 aromatic rings. The number of carboxylic acids is 1. The number of nitrogens with one attached hydrogen (secondary N) is 1. The van der Waals surface area contributed by atoms with E-state index in [1.54, 1.807) is 12.1 Å². The van der Waals surface area contributed by atoms with Crippen LogP contribution in [0.3, 0.4) is 0 Å². The molecule has 0 spiro atoms. The highest BCUT2D eigenvalue weighted by Gasteiger charge is 2.32. The smallest absolute Gasteiger partial charge is 0.373 e. The Balaban J connectivity index is 0.00000194. The standard InChI is InChI=1S/C42H47Cl2NO8.CO2/c1-3-50-38-21-40(33(43)19-25(38)9-5-6-18-46)52-36-16-14-29-27(10-7-12-31(29)36)28-11-8-13-32-30(28)15-17-37(32)53-41-22-39(51-4-2)26(20-34(41)44)23-45-35(24-47)42(48)49;2-1-3/h7-8,10-13,19-22,35-37,45-47H,3-6,9,14-18,23-24H2,1-2H3,(H,48,49);/t35-,36-,37-;/m0./s1. The Morgan fingerprint density at radius 1 is 0.786 bits per heavy atom. The van der Waals surface area contributed by atoms with Crippen LogP contribution in [0, 0.1) is 0 Å². The number of ether oxygens (including phenoxy) is 4. The molecule has 0 bridgehead atoms. The third kappa shape index (κ3) is 10.0. The summed E-state index contributed by atoms with van der Waals surface area (Å²) < 4.78 is 25.1. The number of rotatable bonds is 18. The molecule has 0 aliphatic heterocycles. The SMILES string of the molecule is CCOc1cc(O[C@H]2CCc3c(-c4cccc5c4CC[C@@H]5Oc4cc(OCC)c(CN[C@@H](CO)C(=O)O)cc4Cl)cccc32)c(Cl)cc1CCCCO.O=C=O. The van der Waals surface area contributed by atoms with Crippen LogP contribution in [0.1, 0.15) is 85.1 Å². The summed E-state index contributed by atoms with van der Waals surface area (Å²) in [5, 5.41) is 31.7. The van der Waals surface area contributed by atoms with Gasteiger partial charge in [-0.3, -0.25) is 10.1 Å². The maximum atomic E-state index is 11.4. The highest BCUT2D eigenvalue weighted by molar-refractivity contribution is 6.32. The number of carbonyl (C=O) groups excluding carboxylic acids is 2. The van der Waals surface area contributed by atoms with Gasteiger partial charge >= 0.3 is 12.1 Å². The van der Waals surface area contributed by atoms with Crippen LogP contribution in [-0.4, -0.2) is 59.9 Å². The van der Waals surface area contributed by atoms with Crippen molar-refractivity contribution in [1.29, 1.82) is 0 Å². The molecule has 56 heavy (non-hydrogen) atoms. The van der Waals surface area contributed by atoms with E-state index in [2.05, 4.69) is 41.7 Å². The molecular weight excluding hydrogens is 761 g/mol. The van der Waals surface area contributed by atoms with Gasteiger partial charge in [0, 0.05) is 30.8 Å². The number of halogens is 2. The van der Waals surface area contributed by atoms with Crippen LogP contribution in [0.5, 0.6) is 23.0 Å². The second kappa shape index (κ2) is 20.5. The number of aryl methyl sites for hydroxylation is 1. The minimum absolute atomic E-state index is 0.148. The maximum Gasteiger partial charge on any atom is 0.373 e. The lowest BCUT2D eigenvalue weighted by Crippen LogP contribution is -2.39. The van der Waals surface area contributed by atoms with Gasteiger partial charge in [-0.2, -0.15) is 9.59 Å². The summed E-state index contributed by atoms with van der Waals surface area (Å²) in [6.45, 7) is 4.54. The Labute approximate surface area is 336 Å². The predicted molar refractivity (Wildman–Crippen MR) is 211 cm³/mol. The van der Waals surface area contributed by atoms with Crippen molar-refractivity contribution in [2.45, 2.75) is 83.6 Å². The number of unbranched alkanes of at least 4 members (excludes halogenated alkanes) is 1. The number of carbonyl (C=O) groups is 1. The first kappa shape index (κ1) is 42.5. The molecule has 13 heteroatoms. The zero-order chi connectivity index (χ0) is 40.2. The number of hydrogen-bond acceptors (Lipinski definition) is 10. The summed E-state index contributed by atoms with van der Waals surface area (Å²) in [6, 6.07) is 19.0. The van der Waals surface area contributed by atoms with E-state index in [9.17, 15) is 20.1 Å². The van der Waals surface area contributed by atoms with Crippen molar-refractivity contribution in [2.75, 3.05) is 26.4 Å². The lowest BCUT2D eigenvalue weighted by atomic mass is 9.91. The first-order chi connectivity index (χ1) is 27.2. The maximum absolute atomic E-state index is 11.4. The predicted octanol–water partition coefficient (Wildman–Crippen LogP) is 7.86. The molecule has 4 aromatic carbocycles. The minimum atomic E-state index is -1.14. The third-order valence-electron chi connectivity index (χ3n) is 9.96. The molecule has 0 saturated heterocycles. The van der Waals surface area contributed by atoms with Gasteiger partial charge in [-0.25, -0.2) is 0 Å². The van der Waals surface area contributed by atoms with Gasteiger partial charge < -0.3 is 34.3 Å². The van der Waals surface area contributed by atoms with E-state index in [1.807, 2.05) is 26.0 Å². The highest BCUT2D eigenvalue weighted by Crippen LogP contribution is 2.47. The zero-order valence-corrected chi connectivity index (χ0v) is 33.0. The van der Waals surface area contributed by atoms with E-state index >= 15 is 0 Å². The van der Waals surface area contributed by atoms with E-state index in [0.29, 0.717) is 46.1 Å². The average Bonchev–Trinajstić information content (AvgIpc) is 3.79. The van der Waals surface area contributed by atoms with Crippen molar-refractivity contribution in [3.8, 4) is 34.1 Å². The summed E-state index contributed by atoms with van der Waals surface area (Å²) >= 11 is 13.5. The fourth-order valence-corrected chi connectivity index (χ4v) is 7.89. The fraction of sp³-hybridized carbons (Fsp3) is 0.395. The number of aliphatic hydroxyl groups excluding tert-OH is 2. The van der Waals surface area contributed by atoms with Crippen LogP contribution in [0.25, 0.3) is 11.1 Å². The topological polar surface area (TPSA) is 161 Å². The van der Waals surface area contributed by atoms with E-state index in [-0.39, 0.29) is 31.5 Å². The molecule has 0 unspecified atom stereocenters. The molecule has 0 aromatic heterocycles. The molecule has 3 atom stereocenters. The van der Waals surface area contributed by atoms with Gasteiger partial charge in [0.25, 0.3) is 0 Å². The Hall–Kier alpha value is -4.61. The van der Waals surface area contributed by atoms with Crippen LogP contribution >= 0.6 is 23.2 Å². The first-order valence-corrected chi connectivity index (χ1v) is 19.6. The van der Waals surface area contributed by atoms with Crippen molar-refractivity contribution in [3.05, 3.63) is 104 Å². The summed E-state index contributed by atoms with van der Waals surface area (Å²) in [5.74, 6) is 1.26. The normalized spacial score (nSPS) is 15.8. The lowest BCUT2D eigenvalue weighted by Gasteiger charge is -2.20. The van der Waals surface area contributed by atoms with Crippen molar-refractivity contribution < 1.29 is 48.7 Å². The summed E-state index contributed by atoms with van der Waals surface area (Å²) in [6.07, 6.45) is 5.55. The van der Waals surface area contributed by atoms with Crippen molar-refractivity contribution in [2.24, 2.45) is 0 Å². The summed E-state index contributed by atoms with van der Waals surface area (Å²) in [7, 11) is 0. The van der Waals surface area contributed by atoms with Crippen LogP contribution in [0.15, 0.2) is 60.7 Å². The van der Waals surface area contributed by atoms with Crippen LogP contribution in [0.2, 0.25) is 10.0 Å². The number of aliphatic carboxylic acids is 1. The number of hydrogen-bond donors (Lipinski definition) is 4. The van der Waals surface area contributed by atoms with Gasteiger partial charge in [0.05, 0.1) is 29.9 Å². The van der Waals surface area contributed by atoms with Crippen molar-refractivity contribution in [1.82, 2.24) is 5.32 Å². The Morgan fingerprint density at radius 3 is 1.75 bits per heavy atom. The quantitative estimate of drug-likeness (QED) is 0.0725. The Bertz CT molecular complexity index is 2020. The molecule has 0 saturated carbocycles. The highest BCUT2D eigenvalue weighted by atomic mass is 35.5. The molecule has 0 heterocycles. The van der Waals surface area contributed by atoms with Gasteiger partial charge in [0.1, 0.15) is 41.2 Å². The van der Waals surface area contributed by atoms with Crippen LogP contribution < -0.4 is 24.3 Å². The largest absolute Gasteiger partial charge is 0.493 e. The molecule has 0 fully saturated rings. The lowest BCUT2D eigenvalue weighted by molar-refractivity contribution is -0.191. The molecule has 11 nitrogen and oxygen atoms in total. The van der Waals surface area contributed by atoms with Crippen LogP contribution in [0.4, 0.5) is 0 Å². The van der Waals surface area contributed by atoms with E-state index in [1.165, 1.54) is 22.3 Å². The third-order valence-corrected chi connectivity index (χ3v) is 10.6. The molecule has 298 valence electrons. The number of fused-ring (bicyclic) bond motifs is 2. The van der Waals surface area contributed by atoms with Gasteiger partial charge in [-0.1, -0.05) is 59.6 Å². The second-order valence-corrected chi connectivity index (χ2v) is 14.2. The Kier molecular flexibility index (Phi) is 15.6.